The van der Waals surface area contributed by atoms with Crippen LogP contribution in [0.3, 0.4) is 0 Å². The van der Waals surface area contributed by atoms with E-state index in [0.717, 1.165) is 6.92 Å². The summed E-state index contributed by atoms with van der Waals surface area (Å²) in [5.41, 5.74) is 6.28. The monoisotopic (exact) mass is 1250 g/mol. The van der Waals surface area contributed by atoms with Crippen LogP contribution < -0.4 is 53.6 Å². The molecule has 18 N–H and O–H groups in total. The second-order valence-electron chi connectivity index (χ2n) is 23.0. The molecule has 2 aliphatic heterocycles. The third-order valence-corrected chi connectivity index (χ3v) is 15.2. The van der Waals surface area contributed by atoms with Gasteiger partial charge in [0.1, 0.15) is 97.1 Å². The van der Waals surface area contributed by atoms with E-state index in [2.05, 4.69) is 47.9 Å². The van der Waals surface area contributed by atoms with Gasteiger partial charge < -0.3 is 108 Å². The zero-order valence-electron chi connectivity index (χ0n) is 51.7. The molecule has 0 aliphatic carbocycles. The Morgan fingerprint density at radius 3 is 1.51 bits per heavy atom. The lowest BCUT2D eigenvalue weighted by atomic mass is 9.94. The average molecular weight is 1260 g/mol. The number of ether oxygens (including phenoxy) is 4. The highest BCUT2D eigenvalue weighted by atomic mass is 16.7. The van der Waals surface area contributed by atoms with Crippen molar-refractivity contribution in [2.45, 2.75) is 224 Å². The molecule has 1 aromatic carbocycles. The maximum absolute atomic E-state index is 14.8. The third-order valence-electron chi connectivity index (χ3n) is 15.2. The minimum atomic E-state index is -1.99. The summed E-state index contributed by atoms with van der Waals surface area (Å²) in [6, 6.07) is -5.17. The van der Waals surface area contributed by atoms with Crippen molar-refractivity contribution in [3.8, 4) is 0 Å². The average Bonchev–Trinajstić information content (AvgIpc) is 2.10. The molecule has 9 amide bonds. The maximum Gasteiger partial charge on any atom is 0.326 e. The number of aliphatic hydroxyl groups is 6. The van der Waals surface area contributed by atoms with E-state index in [9.17, 15) is 83.7 Å². The van der Waals surface area contributed by atoms with Crippen LogP contribution in [0.2, 0.25) is 0 Å². The first-order valence-corrected chi connectivity index (χ1v) is 29.5. The first-order valence-electron chi connectivity index (χ1n) is 29.5. The fourth-order valence-electron chi connectivity index (χ4n) is 9.37. The molecule has 0 saturated carbocycles. The molecule has 21 atom stereocenters. The molecule has 0 aromatic heterocycles. The van der Waals surface area contributed by atoms with Crippen molar-refractivity contribution in [1.29, 1.82) is 0 Å². The molecule has 1 aromatic rings. The number of hydrogen-bond acceptors (Lipinski definition) is 21. The van der Waals surface area contributed by atoms with Crippen LogP contribution in [0.1, 0.15) is 107 Å². The highest BCUT2D eigenvalue weighted by molar-refractivity contribution is 5.98. The van der Waals surface area contributed by atoms with E-state index in [0.29, 0.717) is 18.4 Å². The van der Waals surface area contributed by atoms with Gasteiger partial charge in [0.05, 0.1) is 25.9 Å². The van der Waals surface area contributed by atoms with E-state index in [1.807, 2.05) is 0 Å². The summed E-state index contributed by atoms with van der Waals surface area (Å²) in [5, 5.41) is 95.8. The van der Waals surface area contributed by atoms with Crippen molar-refractivity contribution in [2.24, 2.45) is 23.5 Å². The number of nitrogens with one attached hydrogen (secondary N) is 9. The molecular weight excluding hydrogens is 1160 g/mol. The lowest BCUT2D eigenvalue weighted by molar-refractivity contribution is -0.344. The number of nitrogens with two attached hydrogens (primary N) is 1. The Morgan fingerprint density at radius 1 is 0.557 bits per heavy atom. The van der Waals surface area contributed by atoms with Crippen molar-refractivity contribution < 1.29 is 103 Å². The molecule has 498 valence electrons. The molecule has 3 rings (SSSR count). The summed E-state index contributed by atoms with van der Waals surface area (Å²) < 4.78 is 23.3. The predicted octanol–water partition coefficient (Wildman–Crippen LogP) is -5.09. The molecule has 31 heteroatoms. The minimum Gasteiger partial charge on any atom is -0.480 e. The topological polar surface area (TPSA) is 484 Å². The van der Waals surface area contributed by atoms with Crippen LogP contribution >= 0.6 is 0 Å². The largest absolute Gasteiger partial charge is 0.480 e. The number of carboxylic acid groups (broad SMARTS) is 1. The van der Waals surface area contributed by atoms with Gasteiger partial charge in [0.25, 0.3) is 0 Å². The van der Waals surface area contributed by atoms with Crippen molar-refractivity contribution in [3.63, 3.8) is 0 Å². The van der Waals surface area contributed by atoms with Gasteiger partial charge in [0, 0.05) is 19.8 Å². The molecule has 88 heavy (non-hydrogen) atoms. The third kappa shape index (κ3) is 22.5. The normalized spacial score (nSPS) is 25.6. The zero-order valence-corrected chi connectivity index (χ0v) is 51.7. The smallest absolute Gasteiger partial charge is 0.326 e. The lowest BCUT2D eigenvalue weighted by Gasteiger charge is -2.47. The maximum atomic E-state index is 14.8. The first kappa shape index (κ1) is 75.7. The second-order valence-corrected chi connectivity index (χ2v) is 23.0. The van der Waals surface area contributed by atoms with Crippen molar-refractivity contribution in [1.82, 2.24) is 47.9 Å². The molecular formula is C57H94N10O21. The Morgan fingerprint density at radius 2 is 1.01 bits per heavy atom. The van der Waals surface area contributed by atoms with Gasteiger partial charge >= 0.3 is 5.97 Å². The molecule has 0 radical (unpaired) electrons. The van der Waals surface area contributed by atoms with Gasteiger partial charge in [0.2, 0.25) is 53.2 Å². The van der Waals surface area contributed by atoms with E-state index >= 15 is 0 Å². The van der Waals surface area contributed by atoms with Crippen LogP contribution in [-0.2, 0) is 73.3 Å². The molecule has 31 nitrogen and oxygen atoms in total. The summed E-state index contributed by atoms with van der Waals surface area (Å²) in [6.45, 7) is 14.5. The summed E-state index contributed by atoms with van der Waals surface area (Å²) in [5.74, 6) is -9.84. The van der Waals surface area contributed by atoms with Crippen LogP contribution in [-0.4, -0.2) is 230 Å². The Labute approximate surface area is 511 Å². The highest BCUT2D eigenvalue weighted by Gasteiger charge is 2.52. The molecule has 0 bridgehead atoms. The number of aliphatic hydroxyl groups excluding tert-OH is 6. The van der Waals surface area contributed by atoms with E-state index in [-0.39, 0.29) is 18.8 Å². The number of rotatable bonds is 34. The second kappa shape index (κ2) is 36.2. The lowest BCUT2D eigenvalue weighted by Crippen LogP contribution is -2.68. The van der Waals surface area contributed by atoms with Crippen LogP contribution in [0.4, 0.5) is 0 Å². The number of hydrogen-bond donors (Lipinski definition) is 17. The van der Waals surface area contributed by atoms with E-state index < -0.39 is 213 Å². The number of amides is 9. The van der Waals surface area contributed by atoms with Gasteiger partial charge in [-0.05, 0) is 57.4 Å². The Hall–Kier alpha value is -6.52. The number of carboxylic acids is 1. The van der Waals surface area contributed by atoms with Crippen LogP contribution in [0.15, 0.2) is 30.3 Å². The fourth-order valence-corrected chi connectivity index (χ4v) is 9.37. The van der Waals surface area contributed by atoms with Crippen LogP contribution in [0.25, 0.3) is 0 Å². The highest BCUT2D eigenvalue weighted by Crippen LogP contribution is 2.30. The quantitative estimate of drug-likeness (QED) is 0.0307. The summed E-state index contributed by atoms with van der Waals surface area (Å²) in [7, 11) is 0. The summed E-state index contributed by atoms with van der Waals surface area (Å²) >= 11 is 0. The number of aliphatic carboxylic acids is 1. The Kier molecular flexibility index (Phi) is 31.2. The molecule has 2 saturated heterocycles. The van der Waals surface area contributed by atoms with E-state index in [4.69, 9.17) is 24.7 Å². The van der Waals surface area contributed by atoms with Crippen molar-refractivity contribution in [2.75, 3.05) is 19.8 Å². The Balaban J connectivity index is 2.03. The van der Waals surface area contributed by atoms with Gasteiger partial charge in [-0.25, -0.2) is 4.79 Å². The fraction of sp³-hybridized carbons (Fsp3) is 0.719. The van der Waals surface area contributed by atoms with Crippen molar-refractivity contribution in [3.05, 3.63) is 35.9 Å². The minimum absolute atomic E-state index is 0.0988. The standard InChI is InChI=1S/C57H94N10O21/c1-12-26(5)39(67-54(82)40(27(6)13-2)66-47(75)28(7)58)53(81)61-31(10)49(77)63-34(19-20-85-56-41(62-32(11)70)46(43(72)38(24-69)86-56)88-57-45(74)44(73)42(71)37(23-68)87-57)51(79)64-35(22-33-17-15-14-16-18-33)52(80)60-29(8)48(76)59-30(9)50(78)65-36(55(83)84)21-25(3)4/h14-18,25-31,34-46,56-57,68-69,71-74H,12-13,19-24,58H2,1-11H3,(H,59,76)(H,60,80)(H,61,81)(H,62,70)(H,63,77)(H,64,79)(H,65,78)(H,66,75)(H,67,82)(H,83,84)/t26-,27-,28-,29-,30-,31-,34-,35-,36-,37+,38+,39-,40-,41+,42-,43-,44-,45+,46+,56-,57-/m0/s1. The van der Waals surface area contributed by atoms with E-state index in [1.54, 1.807) is 71.9 Å². The first-order chi connectivity index (χ1) is 41.3. The predicted molar refractivity (Wildman–Crippen MR) is 311 cm³/mol. The van der Waals surface area contributed by atoms with E-state index in [1.165, 1.54) is 27.7 Å². The number of carbonyl (C=O) groups is 10. The van der Waals surface area contributed by atoms with Gasteiger partial charge in [-0.3, -0.25) is 43.2 Å². The molecule has 2 aliphatic rings. The zero-order chi connectivity index (χ0) is 66.4. The van der Waals surface area contributed by atoms with Gasteiger partial charge in [0.15, 0.2) is 12.6 Å². The van der Waals surface area contributed by atoms with Crippen LogP contribution in [0.5, 0.6) is 0 Å². The molecule has 0 unspecified atom stereocenters. The summed E-state index contributed by atoms with van der Waals surface area (Å²) in [6.07, 6.45) is -15.6. The number of carbonyl (C=O) groups excluding carboxylic acids is 9. The number of benzene rings is 1. The van der Waals surface area contributed by atoms with Gasteiger partial charge in [-0.2, -0.15) is 0 Å². The summed E-state index contributed by atoms with van der Waals surface area (Å²) in [4.78, 5) is 135. The van der Waals surface area contributed by atoms with Gasteiger partial charge in [-0.15, -0.1) is 0 Å². The van der Waals surface area contributed by atoms with Crippen molar-refractivity contribution >= 4 is 59.1 Å². The van der Waals surface area contributed by atoms with Gasteiger partial charge in [-0.1, -0.05) is 84.7 Å². The molecule has 2 heterocycles. The SMILES string of the molecule is CC[C@H](C)[C@H](NC(=O)[C@H](C)N)C(=O)N[C@H](C(=O)N[C@@H](C)C(=O)N[C@@H](CCO[C@H]1O[C@H](CO)[C@H](O)[C@H](O[C@@H]2O[C@H](CO)[C@H](O)[C@H](O)[C@H]2O)[C@H]1NC(C)=O)C(=O)N[C@@H](Cc1ccccc1)C(=O)N[C@@H](C)C(=O)N[C@@H](C)C(=O)N[C@@H](CC(C)C)C(=O)O)[C@@H](C)CC. The molecule has 0 spiro atoms. The molecule has 2 fully saturated rings. The van der Waals surface area contributed by atoms with Crippen LogP contribution in [0, 0.1) is 17.8 Å². The Bertz CT molecular complexity index is 2480.